The average Bonchev–Trinajstić information content (AvgIpc) is 3.02. The molecule has 1 fully saturated rings. The van der Waals surface area contributed by atoms with Crippen molar-refractivity contribution in [1.29, 1.82) is 0 Å². The van der Waals surface area contributed by atoms with Crippen LogP contribution in [0.4, 0.5) is 4.39 Å². The number of rotatable bonds is 6. The highest BCUT2D eigenvalue weighted by Crippen LogP contribution is 2.21. The molecular formula is C19H20BrFN2O2. The van der Waals surface area contributed by atoms with Crippen molar-refractivity contribution in [2.45, 2.75) is 19.0 Å². The molecule has 3 rings (SSSR count). The number of carbonyl (C=O) groups is 1. The summed E-state index contributed by atoms with van der Waals surface area (Å²) in [6.45, 7) is 2.46. The van der Waals surface area contributed by atoms with Gasteiger partial charge < -0.3 is 10.1 Å². The number of halogens is 2. The Morgan fingerprint density at radius 2 is 2.08 bits per heavy atom. The Balaban J connectivity index is 1.43. The Morgan fingerprint density at radius 1 is 1.28 bits per heavy atom. The summed E-state index contributed by atoms with van der Waals surface area (Å²) in [6, 6.07) is 14.9. The first-order valence-electron chi connectivity index (χ1n) is 8.23. The number of benzene rings is 2. The number of amides is 1. The van der Waals surface area contributed by atoms with Gasteiger partial charge in [-0.25, -0.2) is 4.39 Å². The van der Waals surface area contributed by atoms with Crippen molar-refractivity contribution in [3.05, 3.63) is 64.4 Å². The molecule has 25 heavy (non-hydrogen) atoms. The van der Waals surface area contributed by atoms with Crippen LogP contribution in [0.3, 0.4) is 0 Å². The molecule has 1 aliphatic rings. The maximum Gasteiger partial charge on any atom is 0.258 e. The minimum absolute atomic E-state index is 0.0791. The maximum absolute atomic E-state index is 13.7. The fraction of sp³-hybridized carbons (Fsp3) is 0.316. The van der Waals surface area contributed by atoms with Crippen LogP contribution in [-0.2, 0) is 11.3 Å². The van der Waals surface area contributed by atoms with Crippen LogP contribution in [0.2, 0.25) is 0 Å². The third-order valence-corrected chi connectivity index (χ3v) is 4.63. The van der Waals surface area contributed by atoms with Crippen molar-refractivity contribution < 1.29 is 13.9 Å². The van der Waals surface area contributed by atoms with E-state index in [1.54, 1.807) is 6.07 Å². The predicted octanol–water partition coefficient (Wildman–Crippen LogP) is 3.36. The number of nitrogens with one attached hydrogen (secondary N) is 1. The van der Waals surface area contributed by atoms with E-state index in [4.69, 9.17) is 4.74 Å². The second-order valence-electron chi connectivity index (χ2n) is 6.14. The topological polar surface area (TPSA) is 41.6 Å². The fourth-order valence-corrected chi connectivity index (χ4v) is 3.27. The highest BCUT2D eigenvalue weighted by molar-refractivity contribution is 9.10. The number of nitrogens with zero attached hydrogens (tertiary/aromatic N) is 1. The zero-order valence-electron chi connectivity index (χ0n) is 13.8. The summed E-state index contributed by atoms with van der Waals surface area (Å²) >= 11 is 3.18. The lowest BCUT2D eigenvalue weighted by Gasteiger charge is -2.17. The van der Waals surface area contributed by atoms with Gasteiger partial charge >= 0.3 is 0 Å². The van der Waals surface area contributed by atoms with Crippen LogP contribution in [0.25, 0.3) is 0 Å². The second kappa shape index (κ2) is 8.45. The summed E-state index contributed by atoms with van der Waals surface area (Å²) in [7, 11) is 0. The molecule has 1 atom stereocenters. The van der Waals surface area contributed by atoms with Crippen molar-refractivity contribution in [2.75, 3.05) is 19.7 Å². The molecule has 0 saturated carbocycles. The normalized spacial score (nSPS) is 17.4. The van der Waals surface area contributed by atoms with Crippen LogP contribution >= 0.6 is 15.9 Å². The van der Waals surface area contributed by atoms with Gasteiger partial charge in [-0.1, -0.05) is 46.3 Å². The smallest absolute Gasteiger partial charge is 0.258 e. The summed E-state index contributed by atoms with van der Waals surface area (Å²) in [4.78, 5) is 14.3. The van der Waals surface area contributed by atoms with Crippen LogP contribution in [0, 0.1) is 5.82 Å². The SMILES string of the molecule is O=C(COc1ccc(Br)cc1F)NC1CCN(Cc2ccccc2)C1. The van der Waals surface area contributed by atoms with Gasteiger partial charge in [-0.2, -0.15) is 0 Å². The molecule has 0 bridgehead atoms. The molecule has 1 unspecified atom stereocenters. The molecule has 2 aromatic rings. The molecule has 132 valence electrons. The monoisotopic (exact) mass is 406 g/mol. The van der Waals surface area contributed by atoms with E-state index in [0.29, 0.717) is 4.47 Å². The highest BCUT2D eigenvalue weighted by atomic mass is 79.9. The van der Waals surface area contributed by atoms with E-state index in [2.05, 4.69) is 38.3 Å². The van der Waals surface area contributed by atoms with Gasteiger partial charge in [0.1, 0.15) is 0 Å². The molecular weight excluding hydrogens is 387 g/mol. The average molecular weight is 407 g/mol. The molecule has 1 N–H and O–H groups in total. The molecule has 0 aliphatic carbocycles. The first-order valence-corrected chi connectivity index (χ1v) is 9.03. The maximum atomic E-state index is 13.7. The number of ether oxygens (including phenoxy) is 1. The van der Waals surface area contributed by atoms with Gasteiger partial charge in [0.15, 0.2) is 18.2 Å². The summed E-state index contributed by atoms with van der Waals surface area (Å²) in [6.07, 6.45) is 0.908. The number of hydrogen-bond acceptors (Lipinski definition) is 3. The minimum Gasteiger partial charge on any atom is -0.481 e. The van der Waals surface area contributed by atoms with Crippen molar-refractivity contribution in [3.8, 4) is 5.75 Å². The van der Waals surface area contributed by atoms with Gasteiger partial charge in [-0.3, -0.25) is 9.69 Å². The fourth-order valence-electron chi connectivity index (χ4n) is 2.94. The van der Waals surface area contributed by atoms with Gasteiger partial charge in [-0.15, -0.1) is 0 Å². The van der Waals surface area contributed by atoms with Crippen LogP contribution in [-0.4, -0.2) is 36.5 Å². The lowest BCUT2D eigenvalue weighted by atomic mass is 10.2. The van der Waals surface area contributed by atoms with E-state index in [-0.39, 0.29) is 24.3 Å². The standard InChI is InChI=1S/C19H20BrFN2O2/c20-15-6-7-18(17(21)10-15)25-13-19(24)22-16-8-9-23(12-16)11-14-4-2-1-3-5-14/h1-7,10,16H,8-9,11-13H2,(H,22,24). The molecule has 1 amide bonds. The zero-order chi connectivity index (χ0) is 17.6. The first-order chi connectivity index (χ1) is 12.1. The summed E-state index contributed by atoms with van der Waals surface area (Å²) < 4.78 is 19.6. The Hall–Kier alpha value is -1.92. The molecule has 1 heterocycles. The number of carbonyl (C=O) groups excluding carboxylic acids is 1. The minimum atomic E-state index is -0.489. The summed E-state index contributed by atoms with van der Waals surface area (Å²) in [5, 5.41) is 2.96. The van der Waals surface area contributed by atoms with Gasteiger partial charge in [0.25, 0.3) is 5.91 Å². The van der Waals surface area contributed by atoms with Crippen LogP contribution in [0.5, 0.6) is 5.75 Å². The quantitative estimate of drug-likeness (QED) is 0.799. The zero-order valence-corrected chi connectivity index (χ0v) is 15.3. The van der Waals surface area contributed by atoms with E-state index in [0.717, 1.165) is 26.1 Å². The Labute approximate surface area is 155 Å². The third-order valence-electron chi connectivity index (χ3n) is 4.14. The van der Waals surface area contributed by atoms with Crippen LogP contribution in [0.1, 0.15) is 12.0 Å². The van der Waals surface area contributed by atoms with Gasteiger partial charge in [0.2, 0.25) is 0 Å². The van der Waals surface area contributed by atoms with Gasteiger partial charge in [0, 0.05) is 30.1 Å². The molecule has 1 aliphatic heterocycles. The Morgan fingerprint density at radius 3 is 2.84 bits per heavy atom. The van der Waals surface area contributed by atoms with Crippen molar-refractivity contribution in [2.24, 2.45) is 0 Å². The highest BCUT2D eigenvalue weighted by Gasteiger charge is 2.24. The number of hydrogen-bond donors (Lipinski definition) is 1. The molecule has 0 spiro atoms. The van der Waals surface area contributed by atoms with E-state index >= 15 is 0 Å². The second-order valence-corrected chi connectivity index (χ2v) is 7.05. The molecule has 6 heteroatoms. The Bertz CT molecular complexity index is 727. The molecule has 1 saturated heterocycles. The summed E-state index contributed by atoms with van der Waals surface area (Å²) in [5.41, 5.74) is 1.27. The largest absolute Gasteiger partial charge is 0.481 e. The number of likely N-dealkylation sites (tertiary alicyclic amines) is 1. The lowest BCUT2D eigenvalue weighted by Crippen LogP contribution is -2.39. The van der Waals surface area contributed by atoms with Gasteiger partial charge in [-0.05, 0) is 30.2 Å². The summed E-state index contributed by atoms with van der Waals surface area (Å²) in [5.74, 6) is -0.638. The van der Waals surface area contributed by atoms with E-state index in [1.165, 1.54) is 17.7 Å². The van der Waals surface area contributed by atoms with Crippen LogP contribution in [0.15, 0.2) is 53.0 Å². The molecule has 2 aromatic carbocycles. The van der Waals surface area contributed by atoms with Gasteiger partial charge in [0.05, 0.1) is 0 Å². The van der Waals surface area contributed by atoms with Crippen molar-refractivity contribution in [3.63, 3.8) is 0 Å². The Kier molecular flexibility index (Phi) is 6.04. The predicted molar refractivity (Wildman–Crippen MR) is 97.9 cm³/mol. The molecule has 0 aromatic heterocycles. The van der Waals surface area contributed by atoms with E-state index in [1.807, 2.05) is 18.2 Å². The first kappa shape index (κ1) is 17.9. The third kappa shape index (κ3) is 5.28. The van der Waals surface area contributed by atoms with Crippen molar-refractivity contribution in [1.82, 2.24) is 10.2 Å². The van der Waals surface area contributed by atoms with Crippen LogP contribution < -0.4 is 10.1 Å². The van der Waals surface area contributed by atoms with Crippen molar-refractivity contribution >= 4 is 21.8 Å². The lowest BCUT2D eigenvalue weighted by molar-refractivity contribution is -0.123. The van der Waals surface area contributed by atoms with E-state index in [9.17, 15) is 9.18 Å². The van der Waals surface area contributed by atoms with E-state index < -0.39 is 5.82 Å². The molecule has 4 nitrogen and oxygen atoms in total. The molecule has 0 radical (unpaired) electrons.